The molecule has 0 atom stereocenters. The number of nitrogens with zero attached hydrogens (tertiary/aromatic N) is 1. The van der Waals surface area contributed by atoms with Crippen molar-refractivity contribution in [1.82, 2.24) is 0 Å². The van der Waals surface area contributed by atoms with E-state index in [-0.39, 0.29) is 5.91 Å². The molecule has 2 aromatic rings. The van der Waals surface area contributed by atoms with Crippen LogP contribution in [-0.4, -0.2) is 5.91 Å². The van der Waals surface area contributed by atoms with E-state index in [1.54, 1.807) is 12.1 Å². The minimum Gasteiger partial charge on any atom is -0.449 e. The number of benzene rings is 1. The number of furan rings is 1. The summed E-state index contributed by atoms with van der Waals surface area (Å²) >= 11 is 0. The largest absolute Gasteiger partial charge is 0.449 e. The Bertz CT molecular complexity index is 668. The van der Waals surface area contributed by atoms with Gasteiger partial charge in [-0.3, -0.25) is 4.79 Å². The van der Waals surface area contributed by atoms with E-state index in [1.165, 1.54) is 6.92 Å². The first-order valence-corrected chi connectivity index (χ1v) is 6.19. The number of amides is 1. The maximum absolute atomic E-state index is 11.0. The maximum atomic E-state index is 11.0. The molecule has 2 rings (SSSR count). The topological polar surface area (TPSA) is 78.1 Å². The first-order chi connectivity index (χ1) is 9.58. The molecule has 0 bridgehead atoms. The fourth-order valence-electron chi connectivity index (χ4n) is 1.83. The Hall–Kier alpha value is -2.74. The third-order valence-electron chi connectivity index (χ3n) is 2.78. The Kier molecular flexibility index (Phi) is 4.06. The number of carbonyl (C=O) groups is 1. The van der Waals surface area contributed by atoms with Crippen LogP contribution in [0.4, 0.5) is 11.4 Å². The van der Waals surface area contributed by atoms with Gasteiger partial charge in [-0.15, -0.1) is 0 Å². The molecular formula is C15H15N3O2. The highest BCUT2D eigenvalue weighted by atomic mass is 16.3. The third-order valence-corrected chi connectivity index (χ3v) is 2.78. The predicted octanol–water partition coefficient (Wildman–Crippen LogP) is 3.03. The van der Waals surface area contributed by atoms with Crippen molar-refractivity contribution in [2.45, 2.75) is 20.4 Å². The highest BCUT2D eigenvalue weighted by Crippen LogP contribution is 2.20. The molecule has 0 fully saturated rings. The molecule has 0 unspecified atom stereocenters. The number of carbonyl (C=O) groups excluding carboxylic acids is 1. The van der Waals surface area contributed by atoms with Crippen molar-refractivity contribution < 1.29 is 9.21 Å². The normalized spacial score (nSPS) is 9.85. The van der Waals surface area contributed by atoms with Gasteiger partial charge in [0.05, 0.1) is 6.54 Å². The van der Waals surface area contributed by atoms with E-state index in [2.05, 4.69) is 10.6 Å². The molecule has 0 aliphatic rings. The summed E-state index contributed by atoms with van der Waals surface area (Å²) in [5.74, 6) is 0.914. The predicted molar refractivity (Wildman–Crippen MR) is 76.2 cm³/mol. The first-order valence-electron chi connectivity index (χ1n) is 6.19. The van der Waals surface area contributed by atoms with Crippen LogP contribution in [0.3, 0.4) is 0 Å². The van der Waals surface area contributed by atoms with Crippen LogP contribution < -0.4 is 10.6 Å². The molecule has 20 heavy (non-hydrogen) atoms. The molecule has 1 aromatic heterocycles. The Morgan fingerprint density at radius 2 is 2.15 bits per heavy atom. The van der Waals surface area contributed by atoms with Crippen molar-refractivity contribution in [2.24, 2.45) is 0 Å². The third kappa shape index (κ3) is 3.39. The first kappa shape index (κ1) is 13.7. The van der Waals surface area contributed by atoms with E-state index in [4.69, 9.17) is 9.68 Å². The van der Waals surface area contributed by atoms with Crippen LogP contribution in [0.2, 0.25) is 0 Å². The number of anilines is 2. The van der Waals surface area contributed by atoms with Crippen LogP contribution in [0.15, 0.2) is 34.7 Å². The maximum Gasteiger partial charge on any atom is 0.221 e. The second-order valence-electron chi connectivity index (χ2n) is 4.44. The molecule has 0 aliphatic heterocycles. The van der Waals surface area contributed by atoms with E-state index in [0.29, 0.717) is 18.1 Å². The van der Waals surface area contributed by atoms with Gasteiger partial charge in [-0.05, 0) is 42.8 Å². The lowest BCUT2D eigenvalue weighted by atomic mass is 10.1. The quantitative estimate of drug-likeness (QED) is 0.894. The highest BCUT2D eigenvalue weighted by Gasteiger charge is 2.04. The molecule has 1 amide bonds. The summed E-state index contributed by atoms with van der Waals surface area (Å²) in [6.45, 7) is 3.91. The number of hydrogen-bond acceptors (Lipinski definition) is 4. The zero-order valence-electron chi connectivity index (χ0n) is 11.4. The molecule has 2 N–H and O–H groups in total. The fraction of sp³-hybridized carbons (Fsp3) is 0.200. The van der Waals surface area contributed by atoms with Gasteiger partial charge < -0.3 is 15.1 Å². The molecule has 1 aromatic carbocycles. The molecule has 0 aliphatic carbocycles. The van der Waals surface area contributed by atoms with Gasteiger partial charge in [0.15, 0.2) is 0 Å². The minimum absolute atomic E-state index is 0.0894. The summed E-state index contributed by atoms with van der Waals surface area (Å²) in [4.78, 5) is 11.0. The summed E-state index contributed by atoms with van der Waals surface area (Å²) in [6.07, 6.45) is 0. The van der Waals surface area contributed by atoms with Crippen LogP contribution in [0.1, 0.15) is 24.0 Å². The van der Waals surface area contributed by atoms with Crippen LogP contribution >= 0.6 is 0 Å². The second kappa shape index (κ2) is 5.93. The standard InChI is InChI=1S/C15H15N3O2/c1-10-7-12(3-6-15(10)18-11(2)19)17-9-14-5-4-13(8-16)20-14/h3-7,17H,9H2,1-2H3,(H,18,19). The Morgan fingerprint density at radius 3 is 2.75 bits per heavy atom. The molecule has 0 spiro atoms. The second-order valence-corrected chi connectivity index (χ2v) is 4.44. The van der Waals surface area contributed by atoms with Gasteiger partial charge in [-0.2, -0.15) is 5.26 Å². The molecule has 0 saturated carbocycles. The van der Waals surface area contributed by atoms with E-state index in [9.17, 15) is 4.79 Å². The lowest BCUT2D eigenvalue weighted by Gasteiger charge is -2.10. The number of aryl methyl sites for hydroxylation is 1. The summed E-state index contributed by atoms with van der Waals surface area (Å²) in [6, 6.07) is 11.0. The van der Waals surface area contributed by atoms with E-state index < -0.39 is 0 Å². The van der Waals surface area contributed by atoms with E-state index in [0.717, 1.165) is 16.9 Å². The van der Waals surface area contributed by atoms with Crippen LogP contribution in [0.5, 0.6) is 0 Å². The molecule has 0 radical (unpaired) electrons. The minimum atomic E-state index is -0.0894. The fourth-order valence-corrected chi connectivity index (χ4v) is 1.83. The summed E-state index contributed by atoms with van der Waals surface area (Å²) < 4.78 is 5.28. The Morgan fingerprint density at radius 1 is 1.35 bits per heavy atom. The van der Waals surface area contributed by atoms with Gasteiger partial charge in [-0.1, -0.05) is 0 Å². The zero-order valence-corrected chi connectivity index (χ0v) is 11.4. The molecule has 5 heteroatoms. The van der Waals surface area contributed by atoms with Gasteiger partial charge in [-0.25, -0.2) is 0 Å². The Labute approximate surface area is 117 Å². The van der Waals surface area contributed by atoms with Crippen molar-refractivity contribution in [3.63, 3.8) is 0 Å². The van der Waals surface area contributed by atoms with Crippen molar-refractivity contribution >= 4 is 17.3 Å². The Balaban J connectivity index is 2.01. The molecule has 0 saturated heterocycles. The lowest BCUT2D eigenvalue weighted by Crippen LogP contribution is -2.07. The number of nitriles is 1. The molecular weight excluding hydrogens is 254 g/mol. The van der Waals surface area contributed by atoms with Crippen molar-refractivity contribution in [3.05, 3.63) is 47.4 Å². The van der Waals surface area contributed by atoms with Gasteiger partial charge >= 0.3 is 0 Å². The smallest absolute Gasteiger partial charge is 0.221 e. The monoisotopic (exact) mass is 269 g/mol. The average Bonchev–Trinajstić information content (AvgIpc) is 2.87. The van der Waals surface area contributed by atoms with Crippen LogP contribution in [0, 0.1) is 18.3 Å². The molecule has 102 valence electrons. The van der Waals surface area contributed by atoms with Gasteiger partial charge in [0.1, 0.15) is 11.8 Å². The van der Waals surface area contributed by atoms with E-state index >= 15 is 0 Å². The number of hydrogen-bond donors (Lipinski definition) is 2. The zero-order chi connectivity index (χ0) is 14.5. The van der Waals surface area contributed by atoms with Crippen molar-refractivity contribution in [1.29, 1.82) is 5.26 Å². The number of rotatable bonds is 4. The summed E-state index contributed by atoms with van der Waals surface area (Å²) in [5, 5.41) is 14.6. The SMILES string of the molecule is CC(=O)Nc1ccc(NCc2ccc(C#N)o2)cc1C. The van der Waals surface area contributed by atoms with Crippen LogP contribution in [0.25, 0.3) is 0 Å². The summed E-state index contributed by atoms with van der Waals surface area (Å²) in [5.41, 5.74) is 2.70. The highest BCUT2D eigenvalue weighted by molar-refractivity contribution is 5.89. The van der Waals surface area contributed by atoms with Gasteiger partial charge in [0, 0.05) is 18.3 Å². The number of nitrogens with one attached hydrogen (secondary N) is 2. The summed E-state index contributed by atoms with van der Waals surface area (Å²) in [7, 11) is 0. The molecule has 5 nitrogen and oxygen atoms in total. The lowest BCUT2D eigenvalue weighted by molar-refractivity contribution is -0.114. The van der Waals surface area contributed by atoms with Crippen molar-refractivity contribution in [2.75, 3.05) is 10.6 Å². The van der Waals surface area contributed by atoms with E-state index in [1.807, 2.05) is 31.2 Å². The average molecular weight is 269 g/mol. The van der Waals surface area contributed by atoms with Gasteiger partial charge in [0.2, 0.25) is 11.7 Å². The van der Waals surface area contributed by atoms with Crippen LogP contribution in [-0.2, 0) is 11.3 Å². The van der Waals surface area contributed by atoms with Crippen molar-refractivity contribution in [3.8, 4) is 6.07 Å². The molecule has 1 heterocycles. The van der Waals surface area contributed by atoms with Gasteiger partial charge in [0.25, 0.3) is 0 Å².